The van der Waals surface area contributed by atoms with Gasteiger partial charge < -0.3 is 10.1 Å². The second kappa shape index (κ2) is 6.65. The summed E-state index contributed by atoms with van der Waals surface area (Å²) in [7, 11) is 1.40. The summed E-state index contributed by atoms with van der Waals surface area (Å²) < 4.78 is 4.96. The molecule has 0 fully saturated rings. The van der Waals surface area contributed by atoms with Crippen molar-refractivity contribution < 1.29 is 9.66 Å². The van der Waals surface area contributed by atoms with Crippen LogP contribution in [-0.2, 0) is 6.54 Å². The van der Waals surface area contributed by atoms with Gasteiger partial charge in [-0.05, 0) is 29.8 Å². The number of nitro benzene ring substituents is 1. The molecule has 0 heterocycles. The molecular formula is C14H12Cl2N2O3. The minimum Gasteiger partial charge on any atom is -0.490 e. The quantitative estimate of drug-likeness (QED) is 0.648. The lowest BCUT2D eigenvalue weighted by atomic mass is 10.2. The highest BCUT2D eigenvalue weighted by atomic mass is 35.5. The van der Waals surface area contributed by atoms with E-state index in [0.717, 1.165) is 5.56 Å². The lowest BCUT2D eigenvalue weighted by Gasteiger charge is -2.09. The molecule has 21 heavy (non-hydrogen) atoms. The molecule has 0 bridgehead atoms. The second-order valence-electron chi connectivity index (χ2n) is 4.24. The molecule has 0 saturated heterocycles. The van der Waals surface area contributed by atoms with Crippen molar-refractivity contribution in [1.29, 1.82) is 0 Å². The first-order valence-corrected chi connectivity index (χ1v) is 6.77. The Labute approximate surface area is 131 Å². The smallest absolute Gasteiger partial charge is 0.311 e. The maximum Gasteiger partial charge on any atom is 0.311 e. The van der Waals surface area contributed by atoms with Crippen LogP contribution in [0.15, 0.2) is 36.4 Å². The Hall–Kier alpha value is -1.98. The number of nitrogens with zero attached hydrogens (tertiary/aromatic N) is 1. The average Bonchev–Trinajstić information content (AvgIpc) is 2.46. The summed E-state index contributed by atoms with van der Waals surface area (Å²) in [6.45, 7) is 0.395. The van der Waals surface area contributed by atoms with Crippen LogP contribution >= 0.6 is 23.2 Å². The summed E-state index contributed by atoms with van der Waals surface area (Å²) in [5.74, 6) is 0.230. The fourth-order valence-corrected chi connectivity index (χ4v) is 2.29. The number of rotatable bonds is 5. The lowest BCUT2D eigenvalue weighted by Crippen LogP contribution is -2.01. The fraction of sp³-hybridized carbons (Fsp3) is 0.143. The van der Waals surface area contributed by atoms with Gasteiger partial charge in [0, 0.05) is 17.6 Å². The third-order valence-corrected chi connectivity index (χ3v) is 3.40. The van der Waals surface area contributed by atoms with Gasteiger partial charge in [0.2, 0.25) is 0 Å². The van der Waals surface area contributed by atoms with Crippen molar-refractivity contribution in [3.05, 3.63) is 62.1 Å². The maximum atomic E-state index is 11.0. The Morgan fingerprint density at radius 1 is 1.24 bits per heavy atom. The van der Waals surface area contributed by atoms with Gasteiger partial charge in [0.15, 0.2) is 5.75 Å². The highest BCUT2D eigenvalue weighted by Crippen LogP contribution is 2.29. The predicted octanol–water partition coefficient (Wildman–Crippen LogP) is 4.52. The van der Waals surface area contributed by atoms with Gasteiger partial charge in [0.1, 0.15) is 0 Å². The average molecular weight is 327 g/mol. The van der Waals surface area contributed by atoms with Crippen LogP contribution in [0.3, 0.4) is 0 Å². The number of methoxy groups -OCH3 is 1. The van der Waals surface area contributed by atoms with Crippen LogP contribution in [-0.4, -0.2) is 12.0 Å². The Morgan fingerprint density at radius 2 is 2.00 bits per heavy atom. The number of nitrogens with one attached hydrogen (secondary N) is 1. The summed E-state index contributed by atoms with van der Waals surface area (Å²) in [4.78, 5) is 10.5. The SMILES string of the molecule is COc1ccc(CNc2ccc(Cl)cc2Cl)cc1[N+](=O)[O-]. The maximum absolute atomic E-state index is 11.0. The van der Waals surface area contributed by atoms with E-state index >= 15 is 0 Å². The fourth-order valence-electron chi connectivity index (χ4n) is 1.82. The molecule has 0 spiro atoms. The molecule has 2 aromatic carbocycles. The molecule has 0 amide bonds. The molecule has 0 saturated carbocycles. The summed E-state index contributed by atoms with van der Waals surface area (Å²) in [5, 5.41) is 15.1. The van der Waals surface area contributed by atoms with Crippen molar-refractivity contribution >= 4 is 34.6 Å². The second-order valence-corrected chi connectivity index (χ2v) is 5.08. The van der Waals surface area contributed by atoms with E-state index in [0.29, 0.717) is 22.3 Å². The van der Waals surface area contributed by atoms with Gasteiger partial charge in [0.05, 0.1) is 22.7 Å². The van der Waals surface area contributed by atoms with E-state index in [1.54, 1.807) is 30.3 Å². The van der Waals surface area contributed by atoms with Gasteiger partial charge in [-0.3, -0.25) is 10.1 Å². The molecular weight excluding hydrogens is 315 g/mol. The molecule has 110 valence electrons. The highest BCUT2D eigenvalue weighted by molar-refractivity contribution is 6.36. The number of nitro groups is 1. The summed E-state index contributed by atoms with van der Waals surface area (Å²) in [6, 6.07) is 9.88. The molecule has 0 aliphatic carbocycles. The van der Waals surface area contributed by atoms with Crippen LogP contribution < -0.4 is 10.1 Å². The first-order chi connectivity index (χ1) is 10.0. The third kappa shape index (κ3) is 3.77. The summed E-state index contributed by atoms with van der Waals surface area (Å²) in [5.41, 5.74) is 1.38. The first-order valence-electron chi connectivity index (χ1n) is 6.01. The predicted molar refractivity (Wildman–Crippen MR) is 83.4 cm³/mol. The monoisotopic (exact) mass is 326 g/mol. The Kier molecular flexibility index (Phi) is 4.88. The van der Waals surface area contributed by atoms with Crippen molar-refractivity contribution in [2.75, 3.05) is 12.4 Å². The highest BCUT2D eigenvalue weighted by Gasteiger charge is 2.15. The van der Waals surface area contributed by atoms with Gasteiger partial charge in [-0.1, -0.05) is 29.3 Å². The normalized spacial score (nSPS) is 10.2. The molecule has 0 aliphatic rings. The largest absolute Gasteiger partial charge is 0.490 e. The molecule has 7 heteroatoms. The van der Waals surface area contributed by atoms with Crippen molar-refractivity contribution in [2.45, 2.75) is 6.54 Å². The number of hydrogen-bond donors (Lipinski definition) is 1. The molecule has 5 nitrogen and oxygen atoms in total. The van der Waals surface area contributed by atoms with Crippen molar-refractivity contribution in [1.82, 2.24) is 0 Å². The van der Waals surface area contributed by atoms with E-state index in [1.165, 1.54) is 13.2 Å². The number of halogens is 2. The minimum atomic E-state index is -0.475. The van der Waals surface area contributed by atoms with Crippen LogP contribution in [0.25, 0.3) is 0 Å². The van der Waals surface area contributed by atoms with Gasteiger partial charge in [-0.15, -0.1) is 0 Å². The van der Waals surface area contributed by atoms with Crippen LogP contribution in [0.2, 0.25) is 10.0 Å². The van der Waals surface area contributed by atoms with Gasteiger partial charge >= 0.3 is 5.69 Å². The zero-order valence-electron chi connectivity index (χ0n) is 11.1. The molecule has 0 radical (unpaired) electrons. The molecule has 0 unspecified atom stereocenters. The Morgan fingerprint density at radius 3 is 2.62 bits per heavy atom. The standard InChI is InChI=1S/C14H12Cl2N2O3/c1-21-14-5-2-9(6-13(14)18(19)20)8-17-12-4-3-10(15)7-11(12)16/h2-7,17H,8H2,1H3. The van der Waals surface area contributed by atoms with Crippen molar-refractivity contribution in [3.8, 4) is 5.75 Å². The van der Waals surface area contributed by atoms with E-state index in [4.69, 9.17) is 27.9 Å². The zero-order valence-corrected chi connectivity index (χ0v) is 12.6. The van der Waals surface area contributed by atoms with Crippen LogP contribution in [0.4, 0.5) is 11.4 Å². The molecule has 0 aromatic heterocycles. The lowest BCUT2D eigenvalue weighted by molar-refractivity contribution is -0.385. The summed E-state index contributed by atoms with van der Waals surface area (Å²) >= 11 is 11.9. The zero-order chi connectivity index (χ0) is 15.4. The topological polar surface area (TPSA) is 64.4 Å². The minimum absolute atomic E-state index is 0.0704. The van der Waals surface area contributed by atoms with Crippen molar-refractivity contribution in [2.24, 2.45) is 0 Å². The Balaban J connectivity index is 2.16. The number of hydrogen-bond acceptors (Lipinski definition) is 4. The molecule has 0 aliphatic heterocycles. The van der Waals surface area contributed by atoms with Gasteiger partial charge in [-0.25, -0.2) is 0 Å². The first kappa shape index (κ1) is 15.4. The van der Waals surface area contributed by atoms with Crippen LogP contribution in [0.1, 0.15) is 5.56 Å². The van der Waals surface area contributed by atoms with Crippen LogP contribution in [0.5, 0.6) is 5.75 Å². The number of anilines is 1. The number of benzene rings is 2. The third-order valence-electron chi connectivity index (χ3n) is 2.85. The summed E-state index contributed by atoms with van der Waals surface area (Å²) in [6.07, 6.45) is 0. The molecule has 2 aromatic rings. The van der Waals surface area contributed by atoms with Gasteiger partial charge in [0.25, 0.3) is 0 Å². The van der Waals surface area contributed by atoms with Crippen molar-refractivity contribution in [3.63, 3.8) is 0 Å². The molecule has 2 rings (SSSR count). The van der Waals surface area contributed by atoms with E-state index in [9.17, 15) is 10.1 Å². The van der Waals surface area contributed by atoms with E-state index in [-0.39, 0.29) is 11.4 Å². The van der Waals surface area contributed by atoms with Crippen LogP contribution in [0, 0.1) is 10.1 Å². The number of ether oxygens (including phenoxy) is 1. The molecule has 1 N–H and O–H groups in total. The van der Waals surface area contributed by atoms with E-state index < -0.39 is 4.92 Å². The van der Waals surface area contributed by atoms with Gasteiger partial charge in [-0.2, -0.15) is 0 Å². The Bertz CT molecular complexity index is 677. The van der Waals surface area contributed by atoms with E-state index in [1.807, 2.05) is 0 Å². The molecule has 0 atom stereocenters. The van der Waals surface area contributed by atoms with E-state index in [2.05, 4.69) is 5.32 Å².